The first-order valence-electron chi connectivity index (χ1n) is 8.34. The number of ether oxygens (including phenoxy) is 1. The summed E-state index contributed by atoms with van der Waals surface area (Å²) in [5.74, 6) is -0.337. The second-order valence-corrected chi connectivity index (χ2v) is 5.66. The highest BCUT2D eigenvalue weighted by Crippen LogP contribution is 2.19. The molecular formula is C22H18N2O2. The minimum Gasteiger partial charge on any atom is -0.462 e. The van der Waals surface area contributed by atoms with Crippen molar-refractivity contribution in [2.24, 2.45) is 0 Å². The summed E-state index contributed by atoms with van der Waals surface area (Å²) in [6.45, 7) is 2.13. The van der Waals surface area contributed by atoms with Gasteiger partial charge in [0.1, 0.15) is 6.07 Å². The van der Waals surface area contributed by atoms with Crippen LogP contribution in [0.2, 0.25) is 0 Å². The van der Waals surface area contributed by atoms with Crippen molar-refractivity contribution in [3.05, 3.63) is 89.2 Å². The van der Waals surface area contributed by atoms with E-state index in [9.17, 15) is 10.1 Å². The molecule has 0 aliphatic rings. The Balaban J connectivity index is 1.85. The maximum absolute atomic E-state index is 11.7. The van der Waals surface area contributed by atoms with Gasteiger partial charge in [-0.3, -0.25) is 0 Å². The number of nitrogens with zero attached hydrogens (tertiary/aromatic N) is 2. The molecule has 1 heterocycles. The summed E-state index contributed by atoms with van der Waals surface area (Å²) in [4.78, 5) is 11.7. The van der Waals surface area contributed by atoms with Crippen molar-refractivity contribution >= 4 is 18.1 Å². The van der Waals surface area contributed by atoms with E-state index in [1.165, 1.54) is 0 Å². The van der Waals surface area contributed by atoms with Gasteiger partial charge in [-0.1, -0.05) is 42.5 Å². The topological polar surface area (TPSA) is 55.0 Å². The fraction of sp³-hybridized carbons (Fsp3) is 0.0909. The van der Waals surface area contributed by atoms with Crippen LogP contribution in [0, 0.1) is 11.3 Å². The highest BCUT2D eigenvalue weighted by molar-refractivity contribution is 5.89. The maximum Gasteiger partial charge on any atom is 0.338 e. The van der Waals surface area contributed by atoms with E-state index >= 15 is 0 Å². The van der Waals surface area contributed by atoms with E-state index in [2.05, 4.69) is 6.07 Å². The van der Waals surface area contributed by atoms with Gasteiger partial charge >= 0.3 is 5.97 Å². The molecule has 0 atom stereocenters. The Bertz CT molecular complexity index is 962. The average Bonchev–Trinajstić information content (AvgIpc) is 3.11. The molecule has 0 aliphatic carbocycles. The quantitative estimate of drug-likeness (QED) is 0.632. The van der Waals surface area contributed by atoms with Crippen LogP contribution in [0.4, 0.5) is 0 Å². The number of esters is 1. The summed E-state index contributed by atoms with van der Waals surface area (Å²) in [6, 6.07) is 19.3. The zero-order valence-electron chi connectivity index (χ0n) is 14.4. The SMILES string of the molecule is CCOC(=O)c1ccc(-n2cc(C#N)c(C=Cc3ccccc3)c2)cc1. The highest BCUT2D eigenvalue weighted by Gasteiger charge is 2.08. The van der Waals surface area contributed by atoms with Gasteiger partial charge in [-0.05, 0) is 36.8 Å². The molecule has 0 fully saturated rings. The molecule has 0 radical (unpaired) electrons. The monoisotopic (exact) mass is 342 g/mol. The Labute approximate surface area is 152 Å². The predicted octanol–water partition coefficient (Wildman–Crippen LogP) is 4.70. The van der Waals surface area contributed by atoms with Crippen molar-refractivity contribution < 1.29 is 9.53 Å². The lowest BCUT2D eigenvalue weighted by Gasteiger charge is -2.05. The Kier molecular flexibility index (Phi) is 5.31. The van der Waals surface area contributed by atoms with Gasteiger partial charge in [0.15, 0.2) is 0 Å². The summed E-state index contributed by atoms with van der Waals surface area (Å²) < 4.78 is 6.86. The molecule has 3 rings (SSSR count). The Morgan fingerprint density at radius 2 is 1.81 bits per heavy atom. The molecule has 26 heavy (non-hydrogen) atoms. The Morgan fingerprint density at radius 3 is 2.46 bits per heavy atom. The number of hydrogen-bond acceptors (Lipinski definition) is 3. The van der Waals surface area contributed by atoms with E-state index in [4.69, 9.17) is 4.74 Å². The Morgan fingerprint density at radius 1 is 1.08 bits per heavy atom. The van der Waals surface area contributed by atoms with Crippen molar-refractivity contribution in [1.29, 1.82) is 5.26 Å². The average molecular weight is 342 g/mol. The number of rotatable bonds is 5. The van der Waals surface area contributed by atoms with E-state index in [0.717, 1.165) is 16.8 Å². The van der Waals surface area contributed by atoms with Crippen LogP contribution < -0.4 is 0 Å². The summed E-state index contributed by atoms with van der Waals surface area (Å²) in [6.07, 6.45) is 7.59. The predicted molar refractivity (Wildman–Crippen MR) is 102 cm³/mol. The third-order valence-electron chi connectivity index (χ3n) is 3.91. The molecule has 0 spiro atoms. The molecule has 0 bridgehead atoms. The van der Waals surface area contributed by atoms with Crippen molar-refractivity contribution in [3.8, 4) is 11.8 Å². The van der Waals surface area contributed by atoms with Crippen LogP contribution in [0.5, 0.6) is 0 Å². The van der Waals surface area contributed by atoms with Gasteiger partial charge in [-0.15, -0.1) is 0 Å². The van der Waals surface area contributed by atoms with Gasteiger partial charge in [-0.2, -0.15) is 5.26 Å². The normalized spacial score (nSPS) is 10.6. The van der Waals surface area contributed by atoms with Crippen molar-refractivity contribution in [2.75, 3.05) is 6.61 Å². The van der Waals surface area contributed by atoms with Crippen LogP contribution in [0.15, 0.2) is 67.0 Å². The summed E-state index contributed by atoms with van der Waals surface area (Å²) in [5, 5.41) is 9.39. The molecule has 4 nitrogen and oxygen atoms in total. The van der Waals surface area contributed by atoms with Crippen LogP contribution in [0.1, 0.15) is 34.0 Å². The second-order valence-electron chi connectivity index (χ2n) is 5.66. The number of benzene rings is 2. The van der Waals surface area contributed by atoms with E-state index in [1.807, 2.05) is 65.4 Å². The molecule has 3 aromatic rings. The van der Waals surface area contributed by atoms with Crippen molar-refractivity contribution in [1.82, 2.24) is 4.57 Å². The van der Waals surface area contributed by atoms with Crippen LogP contribution >= 0.6 is 0 Å². The molecule has 0 unspecified atom stereocenters. The van der Waals surface area contributed by atoms with E-state index in [-0.39, 0.29) is 5.97 Å². The number of aromatic nitrogens is 1. The fourth-order valence-corrected chi connectivity index (χ4v) is 2.58. The van der Waals surface area contributed by atoms with Crippen molar-refractivity contribution in [2.45, 2.75) is 6.92 Å². The van der Waals surface area contributed by atoms with E-state index in [1.54, 1.807) is 25.3 Å². The first-order chi connectivity index (χ1) is 12.7. The van der Waals surface area contributed by atoms with E-state index in [0.29, 0.717) is 17.7 Å². The fourth-order valence-electron chi connectivity index (χ4n) is 2.58. The van der Waals surface area contributed by atoms with E-state index < -0.39 is 0 Å². The smallest absolute Gasteiger partial charge is 0.338 e. The molecule has 2 aromatic carbocycles. The van der Waals surface area contributed by atoms with Crippen molar-refractivity contribution in [3.63, 3.8) is 0 Å². The Hall–Kier alpha value is -3.58. The minimum atomic E-state index is -0.337. The second kappa shape index (κ2) is 8.00. The molecule has 0 amide bonds. The zero-order chi connectivity index (χ0) is 18.4. The van der Waals surface area contributed by atoms with Crippen LogP contribution in [-0.2, 0) is 4.74 Å². The number of nitriles is 1. The molecule has 128 valence electrons. The molecule has 0 aliphatic heterocycles. The molecular weight excluding hydrogens is 324 g/mol. The molecule has 4 heteroatoms. The maximum atomic E-state index is 11.7. The van der Waals surface area contributed by atoms with Gasteiger partial charge in [0.25, 0.3) is 0 Å². The third-order valence-corrected chi connectivity index (χ3v) is 3.91. The zero-order valence-corrected chi connectivity index (χ0v) is 14.4. The lowest BCUT2D eigenvalue weighted by atomic mass is 10.1. The van der Waals surface area contributed by atoms with Crippen LogP contribution in [-0.4, -0.2) is 17.1 Å². The summed E-state index contributed by atoms with van der Waals surface area (Å²) >= 11 is 0. The summed E-state index contributed by atoms with van der Waals surface area (Å²) in [7, 11) is 0. The number of carbonyl (C=O) groups excluding carboxylic acids is 1. The standard InChI is InChI=1S/C22H18N2O2/c1-2-26-22(25)18-10-12-21(13-11-18)24-15-19(20(14-23)16-24)9-8-17-6-4-3-5-7-17/h3-13,15-16H,2H2,1H3. The first kappa shape index (κ1) is 17.2. The lowest BCUT2D eigenvalue weighted by Crippen LogP contribution is -2.04. The number of hydrogen-bond donors (Lipinski definition) is 0. The molecule has 0 saturated heterocycles. The van der Waals surface area contributed by atoms with Gasteiger partial charge in [0.05, 0.1) is 17.7 Å². The summed E-state index contributed by atoms with van der Waals surface area (Å²) in [5.41, 5.74) is 3.88. The molecule has 1 aromatic heterocycles. The third kappa shape index (κ3) is 3.90. The van der Waals surface area contributed by atoms with Crippen LogP contribution in [0.25, 0.3) is 17.8 Å². The first-order valence-corrected chi connectivity index (χ1v) is 8.34. The van der Waals surface area contributed by atoms with Crippen LogP contribution in [0.3, 0.4) is 0 Å². The van der Waals surface area contributed by atoms with Gasteiger partial charge in [0, 0.05) is 23.6 Å². The molecule has 0 saturated carbocycles. The largest absolute Gasteiger partial charge is 0.462 e. The number of carbonyl (C=O) groups is 1. The minimum absolute atomic E-state index is 0.337. The van der Waals surface area contributed by atoms with Gasteiger partial charge < -0.3 is 9.30 Å². The van der Waals surface area contributed by atoms with Gasteiger partial charge in [-0.25, -0.2) is 4.79 Å². The van der Waals surface area contributed by atoms with Gasteiger partial charge in [0.2, 0.25) is 0 Å². The lowest BCUT2D eigenvalue weighted by molar-refractivity contribution is 0.0526. The highest BCUT2D eigenvalue weighted by atomic mass is 16.5. The molecule has 0 N–H and O–H groups in total.